The number of hydrogen-bond acceptors (Lipinski definition) is 9. The summed E-state index contributed by atoms with van der Waals surface area (Å²) < 4.78 is 26.9. The monoisotopic (exact) mass is 499 g/mol. The lowest BCUT2D eigenvalue weighted by atomic mass is 9.98. The Morgan fingerprint density at radius 1 is 0.914 bits per heavy atom. The number of thiazole rings is 1. The SMILES string of the molecule is COc1cc2c(cc1OC)CN(Cc1csc(NC(=O)c3cc(OC)c(OC)c(OC)c3)n1)CC2. The average Bonchev–Trinajstić information content (AvgIpc) is 3.32. The van der Waals surface area contributed by atoms with E-state index in [1.54, 1.807) is 26.4 Å². The molecule has 35 heavy (non-hydrogen) atoms. The van der Waals surface area contributed by atoms with Gasteiger partial charge in [-0.2, -0.15) is 0 Å². The number of methoxy groups -OCH3 is 5. The molecule has 186 valence electrons. The summed E-state index contributed by atoms with van der Waals surface area (Å²) >= 11 is 1.39. The van der Waals surface area contributed by atoms with Crippen LogP contribution in [0.1, 0.15) is 27.2 Å². The second kappa shape index (κ2) is 10.8. The zero-order valence-electron chi connectivity index (χ0n) is 20.5. The number of carbonyl (C=O) groups is 1. The highest BCUT2D eigenvalue weighted by Gasteiger charge is 2.21. The van der Waals surface area contributed by atoms with Crippen molar-refractivity contribution in [3.8, 4) is 28.7 Å². The number of aromatic nitrogens is 1. The molecule has 1 amide bonds. The van der Waals surface area contributed by atoms with Crippen LogP contribution in [0.15, 0.2) is 29.6 Å². The third-order valence-electron chi connectivity index (χ3n) is 5.88. The Labute approximate surface area is 208 Å². The largest absolute Gasteiger partial charge is 0.493 e. The van der Waals surface area contributed by atoms with E-state index < -0.39 is 0 Å². The molecule has 1 aliphatic rings. The Bertz CT molecular complexity index is 1190. The van der Waals surface area contributed by atoms with E-state index in [4.69, 9.17) is 23.7 Å². The zero-order chi connectivity index (χ0) is 24.9. The number of nitrogens with zero attached hydrogens (tertiary/aromatic N) is 2. The van der Waals surface area contributed by atoms with Gasteiger partial charge >= 0.3 is 0 Å². The number of rotatable bonds is 9. The quantitative estimate of drug-likeness (QED) is 0.473. The molecule has 1 aromatic heterocycles. The lowest BCUT2D eigenvalue weighted by Gasteiger charge is -2.29. The topological polar surface area (TPSA) is 91.4 Å². The zero-order valence-corrected chi connectivity index (χ0v) is 21.3. The number of nitrogens with one attached hydrogen (secondary N) is 1. The molecule has 0 saturated heterocycles. The maximum absolute atomic E-state index is 12.9. The van der Waals surface area contributed by atoms with Crippen LogP contribution in [0, 0.1) is 0 Å². The molecule has 0 aliphatic carbocycles. The van der Waals surface area contributed by atoms with E-state index in [0.717, 1.165) is 36.7 Å². The fourth-order valence-corrected chi connectivity index (χ4v) is 4.82. The van der Waals surface area contributed by atoms with E-state index >= 15 is 0 Å². The molecular weight excluding hydrogens is 470 g/mol. The molecule has 0 atom stereocenters. The Hall–Kier alpha value is -3.50. The first-order valence-corrected chi connectivity index (χ1v) is 11.9. The first kappa shape index (κ1) is 24.6. The highest BCUT2D eigenvalue weighted by molar-refractivity contribution is 7.14. The minimum atomic E-state index is -0.307. The Morgan fingerprint density at radius 3 is 2.14 bits per heavy atom. The molecule has 2 aromatic carbocycles. The molecule has 0 spiro atoms. The van der Waals surface area contributed by atoms with Crippen LogP contribution < -0.4 is 29.0 Å². The second-order valence-electron chi connectivity index (χ2n) is 7.95. The van der Waals surface area contributed by atoms with E-state index in [9.17, 15) is 4.79 Å². The summed E-state index contributed by atoms with van der Waals surface area (Å²) in [6.07, 6.45) is 0.921. The van der Waals surface area contributed by atoms with Crippen LogP contribution in [0.3, 0.4) is 0 Å². The Balaban J connectivity index is 1.43. The molecular formula is C25H29N3O6S. The number of fused-ring (bicyclic) bond motifs is 1. The van der Waals surface area contributed by atoms with Crippen molar-refractivity contribution < 1.29 is 28.5 Å². The summed E-state index contributed by atoms with van der Waals surface area (Å²) in [5.41, 5.74) is 3.78. The normalized spacial score (nSPS) is 13.1. The molecule has 1 aliphatic heterocycles. The highest BCUT2D eigenvalue weighted by atomic mass is 32.1. The first-order valence-electron chi connectivity index (χ1n) is 11.0. The van der Waals surface area contributed by atoms with Crippen LogP contribution in [-0.2, 0) is 19.5 Å². The lowest BCUT2D eigenvalue weighted by molar-refractivity contribution is 0.102. The van der Waals surface area contributed by atoms with Crippen LogP contribution in [0.2, 0.25) is 0 Å². The molecule has 0 fully saturated rings. The van der Waals surface area contributed by atoms with E-state index in [1.165, 1.54) is 43.8 Å². The molecule has 3 aromatic rings. The van der Waals surface area contributed by atoms with Gasteiger partial charge in [0.05, 0.1) is 41.2 Å². The highest BCUT2D eigenvalue weighted by Crippen LogP contribution is 2.38. The molecule has 9 nitrogen and oxygen atoms in total. The number of ether oxygens (including phenoxy) is 5. The van der Waals surface area contributed by atoms with Crippen molar-refractivity contribution in [2.75, 3.05) is 47.4 Å². The van der Waals surface area contributed by atoms with Crippen molar-refractivity contribution in [3.63, 3.8) is 0 Å². The molecule has 0 radical (unpaired) electrons. The van der Waals surface area contributed by atoms with E-state index in [-0.39, 0.29) is 5.91 Å². The Kier molecular flexibility index (Phi) is 7.62. The van der Waals surface area contributed by atoms with Gasteiger partial charge in [-0.3, -0.25) is 15.0 Å². The van der Waals surface area contributed by atoms with Gasteiger partial charge in [0, 0.05) is 30.6 Å². The lowest BCUT2D eigenvalue weighted by Crippen LogP contribution is -2.30. The summed E-state index contributed by atoms with van der Waals surface area (Å²) in [6, 6.07) is 7.33. The van der Waals surface area contributed by atoms with Gasteiger partial charge in [0.2, 0.25) is 5.75 Å². The fourth-order valence-electron chi connectivity index (χ4n) is 4.12. The smallest absolute Gasteiger partial charge is 0.257 e. The van der Waals surface area contributed by atoms with Crippen molar-refractivity contribution in [2.45, 2.75) is 19.5 Å². The first-order chi connectivity index (χ1) is 17.0. The minimum Gasteiger partial charge on any atom is -0.493 e. The molecule has 10 heteroatoms. The number of carbonyl (C=O) groups excluding carboxylic acids is 1. The molecule has 0 bridgehead atoms. The van der Waals surface area contributed by atoms with Gasteiger partial charge in [-0.15, -0.1) is 11.3 Å². The summed E-state index contributed by atoms with van der Waals surface area (Å²) in [4.78, 5) is 19.8. The van der Waals surface area contributed by atoms with Crippen LogP contribution in [0.5, 0.6) is 28.7 Å². The van der Waals surface area contributed by atoms with Gasteiger partial charge < -0.3 is 23.7 Å². The predicted molar refractivity (Wildman–Crippen MR) is 134 cm³/mol. The van der Waals surface area contributed by atoms with Gasteiger partial charge in [-0.25, -0.2) is 4.98 Å². The van der Waals surface area contributed by atoms with Gasteiger partial charge in [0.25, 0.3) is 5.91 Å². The average molecular weight is 500 g/mol. The van der Waals surface area contributed by atoms with Crippen molar-refractivity contribution in [1.29, 1.82) is 0 Å². The summed E-state index contributed by atoms with van der Waals surface area (Å²) in [5, 5.41) is 5.36. The van der Waals surface area contributed by atoms with Gasteiger partial charge in [-0.1, -0.05) is 0 Å². The van der Waals surface area contributed by atoms with E-state index in [0.29, 0.717) is 34.5 Å². The van der Waals surface area contributed by atoms with Crippen molar-refractivity contribution in [2.24, 2.45) is 0 Å². The number of benzene rings is 2. The maximum atomic E-state index is 12.9. The second-order valence-corrected chi connectivity index (χ2v) is 8.81. The fraction of sp³-hybridized carbons (Fsp3) is 0.360. The molecule has 0 saturated carbocycles. The van der Waals surface area contributed by atoms with Crippen LogP contribution in [0.25, 0.3) is 0 Å². The van der Waals surface area contributed by atoms with E-state index in [1.807, 2.05) is 11.4 Å². The number of anilines is 1. The van der Waals surface area contributed by atoms with Crippen LogP contribution in [0.4, 0.5) is 5.13 Å². The van der Waals surface area contributed by atoms with Crippen LogP contribution in [-0.4, -0.2) is 57.9 Å². The van der Waals surface area contributed by atoms with Crippen molar-refractivity contribution in [3.05, 3.63) is 52.0 Å². The third-order valence-corrected chi connectivity index (χ3v) is 6.69. The molecule has 0 unspecified atom stereocenters. The van der Waals surface area contributed by atoms with E-state index in [2.05, 4.69) is 21.3 Å². The third kappa shape index (κ3) is 5.28. The van der Waals surface area contributed by atoms with Gasteiger partial charge in [0.1, 0.15) is 0 Å². The summed E-state index contributed by atoms with van der Waals surface area (Å²) in [7, 11) is 7.84. The maximum Gasteiger partial charge on any atom is 0.257 e. The predicted octanol–water partition coefficient (Wildman–Crippen LogP) is 4.00. The number of amides is 1. The number of hydrogen-bond donors (Lipinski definition) is 1. The molecule has 2 heterocycles. The molecule has 4 rings (SSSR count). The summed E-state index contributed by atoms with van der Waals surface area (Å²) in [6.45, 7) is 2.39. The Morgan fingerprint density at radius 2 is 1.54 bits per heavy atom. The molecule has 1 N–H and O–H groups in total. The van der Waals surface area contributed by atoms with Crippen molar-refractivity contribution in [1.82, 2.24) is 9.88 Å². The summed E-state index contributed by atoms with van der Waals surface area (Å²) in [5.74, 6) is 2.44. The standard InChI is InChI=1S/C25H29N3O6S/c1-30-19-8-15-6-7-28(12-17(15)11-20(19)31-2)13-18-14-35-25(26-18)27-24(29)16-9-21(32-3)23(34-5)22(10-16)33-4/h8-11,14H,6-7,12-13H2,1-5H3,(H,26,27,29). The van der Waals surface area contributed by atoms with Crippen LogP contribution >= 0.6 is 11.3 Å². The van der Waals surface area contributed by atoms with Crippen molar-refractivity contribution >= 4 is 22.4 Å². The minimum absolute atomic E-state index is 0.307. The van der Waals surface area contributed by atoms with Gasteiger partial charge in [0.15, 0.2) is 28.1 Å². The van der Waals surface area contributed by atoms with Gasteiger partial charge in [-0.05, 0) is 41.8 Å².